The largest absolute Gasteiger partial charge is 0.493 e. The molecule has 0 spiro atoms. The van der Waals surface area contributed by atoms with Gasteiger partial charge in [0.25, 0.3) is 0 Å². The predicted molar refractivity (Wildman–Crippen MR) is 132 cm³/mol. The van der Waals surface area contributed by atoms with E-state index >= 15 is 0 Å². The second kappa shape index (κ2) is 10.2. The molecule has 4 rings (SSSR count). The number of halogens is 2. The standard InChI is InChI=1S/C22H22FIN4O4S/c23-18-12-26-20-11-17(18)16-3-2-15(24)10-19(16)31-5-1-6-32-22-9-14(8-21(27-20)28-22)13-33(29,30)7-4-25/h2-3,8-12H,1,4-7,13,25H2,(H,26,27,28). The highest BCUT2D eigenvalue weighted by Gasteiger charge is 2.17. The second-order valence-corrected chi connectivity index (χ2v) is 10.9. The Bertz CT molecular complexity index is 1270. The number of benzene rings is 1. The third-order valence-electron chi connectivity index (χ3n) is 4.82. The van der Waals surface area contributed by atoms with Crippen LogP contribution in [0.25, 0.3) is 11.1 Å². The molecule has 0 amide bonds. The van der Waals surface area contributed by atoms with Crippen LogP contribution in [0.15, 0.2) is 42.6 Å². The van der Waals surface area contributed by atoms with Crippen LogP contribution in [0.4, 0.5) is 16.0 Å². The first kappa shape index (κ1) is 23.6. The molecular weight excluding hydrogens is 562 g/mol. The van der Waals surface area contributed by atoms with Gasteiger partial charge in [-0.1, -0.05) is 0 Å². The Labute approximate surface area is 204 Å². The monoisotopic (exact) mass is 584 g/mol. The second-order valence-electron chi connectivity index (χ2n) is 7.44. The van der Waals surface area contributed by atoms with E-state index in [9.17, 15) is 12.8 Å². The SMILES string of the molecule is NCCS(=O)(=O)Cc1cc2nc(c1)OCCCOc1cc(I)ccc1-c1cc(ncc1F)N2. The molecule has 3 aromatic rings. The topological polar surface area (TPSA) is 116 Å². The van der Waals surface area contributed by atoms with Crippen molar-refractivity contribution in [2.24, 2.45) is 5.73 Å². The van der Waals surface area contributed by atoms with Crippen LogP contribution in [0.2, 0.25) is 0 Å². The maximum atomic E-state index is 14.7. The van der Waals surface area contributed by atoms with Gasteiger partial charge in [-0.05, 0) is 58.5 Å². The van der Waals surface area contributed by atoms with E-state index in [2.05, 4.69) is 37.9 Å². The van der Waals surface area contributed by atoms with E-state index in [1.807, 2.05) is 12.1 Å². The van der Waals surface area contributed by atoms with Gasteiger partial charge in [-0.25, -0.2) is 17.8 Å². The van der Waals surface area contributed by atoms with Crippen molar-refractivity contribution >= 4 is 44.1 Å². The molecule has 0 saturated heterocycles. The van der Waals surface area contributed by atoms with Gasteiger partial charge < -0.3 is 20.5 Å². The van der Waals surface area contributed by atoms with Crippen molar-refractivity contribution in [1.82, 2.24) is 9.97 Å². The van der Waals surface area contributed by atoms with Crippen molar-refractivity contribution in [3.63, 3.8) is 0 Å². The summed E-state index contributed by atoms with van der Waals surface area (Å²) in [5.74, 6) is 0.714. The Kier molecular flexibility index (Phi) is 7.29. The lowest BCUT2D eigenvalue weighted by Crippen LogP contribution is -2.17. The zero-order valence-corrected chi connectivity index (χ0v) is 20.5. The number of nitrogens with two attached hydrogens (primary N) is 1. The highest BCUT2D eigenvalue weighted by molar-refractivity contribution is 14.1. The number of ether oxygens (including phenoxy) is 2. The van der Waals surface area contributed by atoms with Gasteiger partial charge in [-0.3, -0.25) is 0 Å². The average Bonchev–Trinajstić information content (AvgIpc) is 2.74. The van der Waals surface area contributed by atoms with E-state index < -0.39 is 15.7 Å². The number of rotatable bonds is 4. The van der Waals surface area contributed by atoms with Crippen LogP contribution in [-0.2, 0) is 15.6 Å². The minimum absolute atomic E-state index is 0.0463. The maximum Gasteiger partial charge on any atom is 0.215 e. The molecule has 1 aromatic carbocycles. The molecule has 0 radical (unpaired) electrons. The number of nitrogens with one attached hydrogen (secondary N) is 1. The average molecular weight is 584 g/mol. The van der Waals surface area contributed by atoms with Gasteiger partial charge in [-0.15, -0.1) is 0 Å². The van der Waals surface area contributed by atoms with Gasteiger partial charge in [0.2, 0.25) is 5.88 Å². The fourth-order valence-electron chi connectivity index (χ4n) is 3.39. The highest BCUT2D eigenvalue weighted by Crippen LogP contribution is 2.35. The lowest BCUT2D eigenvalue weighted by molar-refractivity contribution is 0.243. The van der Waals surface area contributed by atoms with Crippen molar-refractivity contribution in [2.45, 2.75) is 12.2 Å². The predicted octanol–water partition coefficient (Wildman–Crippen LogP) is 3.67. The van der Waals surface area contributed by atoms with E-state index in [0.717, 1.165) is 9.77 Å². The normalized spacial score (nSPS) is 13.7. The molecule has 2 aromatic heterocycles. The van der Waals surface area contributed by atoms with Gasteiger partial charge in [0, 0.05) is 33.7 Å². The summed E-state index contributed by atoms with van der Waals surface area (Å²) in [7, 11) is -3.38. The van der Waals surface area contributed by atoms with Crippen LogP contribution < -0.4 is 20.5 Å². The summed E-state index contributed by atoms with van der Waals surface area (Å²) in [6.45, 7) is 0.704. The molecule has 1 aliphatic rings. The fraction of sp³-hybridized carbons (Fsp3) is 0.273. The summed E-state index contributed by atoms with van der Waals surface area (Å²) in [5.41, 5.74) is 6.85. The van der Waals surface area contributed by atoms with E-state index in [1.54, 1.807) is 24.3 Å². The first-order chi connectivity index (χ1) is 15.8. The van der Waals surface area contributed by atoms with Crippen LogP contribution >= 0.6 is 22.6 Å². The van der Waals surface area contributed by atoms with Crippen molar-refractivity contribution in [1.29, 1.82) is 0 Å². The zero-order chi connectivity index (χ0) is 23.4. The van der Waals surface area contributed by atoms with Gasteiger partial charge in [0.15, 0.2) is 9.84 Å². The first-order valence-corrected chi connectivity index (χ1v) is 13.1. The van der Waals surface area contributed by atoms with Crippen molar-refractivity contribution in [3.8, 4) is 22.8 Å². The molecule has 33 heavy (non-hydrogen) atoms. The van der Waals surface area contributed by atoms with Crippen LogP contribution in [0.5, 0.6) is 11.6 Å². The number of nitrogens with zero attached hydrogens (tertiary/aromatic N) is 2. The van der Waals surface area contributed by atoms with Crippen molar-refractivity contribution in [2.75, 3.05) is 30.8 Å². The number of anilines is 2. The number of fused-ring (bicyclic) bond motifs is 6. The number of hydrogen-bond acceptors (Lipinski definition) is 8. The molecule has 11 heteroatoms. The lowest BCUT2D eigenvalue weighted by Gasteiger charge is -2.16. The molecule has 0 aliphatic carbocycles. The number of hydrogen-bond donors (Lipinski definition) is 2. The Balaban J connectivity index is 1.76. The molecule has 0 unspecified atom stereocenters. The van der Waals surface area contributed by atoms with Gasteiger partial charge in [-0.2, -0.15) is 4.98 Å². The molecule has 3 heterocycles. The van der Waals surface area contributed by atoms with Crippen LogP contribution in [-0.4, -0.2) is 43.9 Å². The minimum Gasteiger partial charge on any atom is -0.493 e. The van der Waals surface area contributed by atoms with Crippen LogP contribution in [0.3, 0.4) is 0 Å². The smallest absolute Gasteiger partial charge is 0.215 e. The van der Waals surface area contributed by atoms with E-state index in [0.29, 0.717) is 53.7 Å². The third kappa shape index (κ3) is 6.09. The molecular formula is C22H22FIN4O4S. The van der Waals surface area contributed by atoms with Gasteiger partial charge >= 0.3 is 0 Å². The Morgan fingerprint density at radius 2 is 1.91 bits per heavy atom. The van der Waals surface area contributed by atoms with E-state index in [1.165, 1.54) is 0 Å². The Morgan fingerprint density at radius 1 is 1.09 bits per heavy atom. The van der Waals surface area contributed by atoms with Crippen molar-refractivity contribution < 1.29 is 22.3 Å². The molecule has 4 bridgehead atoms. The molecule has 3 N–H and O–H groups in total. The zero-order valence-electron chi connectivity index (χ0n) is 17.6. The van der Waals surface area contributed by atoms with Crippen LogP contribution in [0, 0.1) is 9.39 Å². The van der Waals surface area contributed by atoms with Crippen molar-refractivity contribution in [3.05, 3.63) is 57.5 Å². The number of pyridine rings is 2. The molecule has 0 saturated carbocycles. The summed E-state index contributed by atoms with van der Waals surface area (Å²) >= 11 is 2.18. The molecule has 1 aliphatic heterocycles. The summed E-state index contributed by atoms with van der Waals surface area (Å²) in [6, 6.07) is 10.3. The number of aromatic nitrogens is 2. The first-order valence-electron chi connectivity index (χ1n) is 10.2. The summed E-state index contributed by atoms with van der Waals surface area (Å²) < 4.78 is 51.9. The van der Waals surface area contributed by atoms with E-state index in [4.69, 9.17) is 15.2 Å². The summed E-state index contributed by atoms with van der Waals surface area (Å²) in [6.07, 6.45) is 1.67. The van der Waals surface area contributed by atoms with Crippen LogP contribution in [0.1, 0.15) is 12.0 Å². The molecule has 0 fully saturated rings. The Morgan fingerprint density at radius 3 is 2.73 bits per heavy atom. The lowest BCUT2D eigenvalue weighted by atomic mass is 10.1. The quantitative estimate of drug-likeness (QED) is 0.447. The summed E-state index contributed by atoms with van der Waals surface area (Å²) in [4.78, 5) is 8.51. The summed E-state index contributed by atoms with van der Waals surface area (Å²) in [5, 5.41) is 3.03. The van der Waals surface area contributed by atoms with Gasteiger partial charge in [0.05, 0.1) is 30.9 Å². The van der Waals surface area contributed by atoms with Gasteiger partial charge in [0.1, 0.15) is 23.2 Å². The third-order valence-corrected chi connectivity index (χ3v) is 7.12. The molecule has 8 nitrogen and oxygen atoms in total. The highest BCUT2D eigenvalue weighted by atomic mass is 127. The number of sulfone groups is 1. The fourth-order valence-corrected chi connectivity index (χ4v) is 5.03. The van der Waals surface area contributed by atoms with E-state index in [-0.39, 0.29) is 23.9 Å². The maximum absolute atomic E-state index is 14.7. The molecule has 174 valence electrons. The molecule has 0 atom stereocenters. The Hall–Kier alpha value is -2.51. The minimum atomic E-state index is -3.38.